The molecule has 0 amide bonds. The lowest BCUT2D eigenvalue weighted by molar-refractivity contribution is -0.137. The van der Waals surface area contributed by atoms with Crippen LogP contribution in [0.2, 0.25) is 5.02 Å². The number of ether oxygens (including phenoxy) is 3. The fourth-order valence-corrected chi connectivity index (χ4v) is 3.94. The Morgan fingerprint density at radius 1 is 0.886 bits per heavy atom. The number of methoxy groups -OCH3 is 3. The van der Waals surface area contributed by atoms with Gasteiger partial charge in [-0.15, -0.1) is 0 Å². The van der Waals surface area contributed by atoms with E-state index in [4.69, 9.17) is 25.8 Å². The standard InChI is InChI=1S/C25H20ClF3N2O4/c1-33-16-10-15(11-17(12-16)34-2)30-23-22(19-9-14(26)5-7-21(19)35-3)18-8-13(25(27,28)29)4-6-20(18)31-24(23)32/h4-12,30H,1-3H3,(H,31,32). The molecule has 3 aromatic carbocycles. The average Bonchev–Trinajstić information content (AvgIpc) is 2.83. The Hall–Kier alpha value is -3.85. The topological polar surface area (TPSA) is 72.6 Å². The van der Waals surface area contributed by atoms with E-state index in [1.165, 1.54) is 33.5 Å². The van der Waals surface area contributed by atoms with Crippen molar-refractivity contribution in [2.24, 2.45) is 0 Å². The second-order valence-electron chi connectivity index (χ2n) is 7.53. The molecule has 0 bridgehead atoms. The Morgan fingerprint density at radius 3 is 2.17 bits per heavy atom. The number of anilines is 2. The number of pyridine rings is 1. The molecule has 0 atom stereocenters. The summed E-state index contributed by atoms with van der Waals surface area (Å²) in [6, 6.07) is 12.7. The molecule has 1 heterocycles. The van der Waals surface area contributed by atoms with Crippen molar-refractivity contribution in [1.29, 1.82) is 0 Å². The van der Waals surface area contributed by atoms with Crippen LogP contribution < -0.4 is 25.1 Å². The molecule has 10 heteroatoms. The first-order valence-electron chi connectivity index (χ1n) is 10.3. The fraction of sp³-hybridized carbons (Fsp3) is 0.160. The summed E-state index contributed by atoms with van der Waals surface area (Å²) in [5.74, 6) is 1.22. The number of hydrogen-bond acceptors (Lipinski definition) is 5. The highest BCUT2D eigenvalue weighted by molar-refractivity contribution is 6.31. The van der Waals surface area contributed by atoms with Gasteiger partial charge in [0.15, 0.2) is 0 Å². The van der Waals surface area contributed by atoms with Gasteiger partial charge >= 0.3 is 6.18 Å². The molecule has 0 saturated heterocycles. The molecule has 0 spiro atoms. The van der Waals surface area contributed by atoms with Crippen molar-refractivity contribution in [3.8, 4) is 28.4 Å². The highest BCUT2D eigenvalue weighted by Gasteiger charge is 2.31. The first-order valence-corrected chi connectivity index (χ1v) is 10.6. The van der Waals surface area contributed by atoms with Gasteiger partial charge in [-0.2, -0.15) is 13.2 Å². The van der Waals surface area contributed by atoms with Crippen LogP contribution in [0.25, 0.3) is 22.0 Å². The maximum absolute atomic E-state index is 13.6. The third kappa shape index (κ3) is 4.85. The molecular weight excluding hydrogens is 485 g/mol. The minimum Gasteiger partial charge on any atom is -0.497 e. The highest BCUT2D eigenvalue weighted by atomic mass is 35.5. The summed E-state index contributed by atoms with van der Waals surface area (Å²) in [6.07, 6.45) is -4.59. The van der Waals surface area contributed by atoms with Gasteiger partial charge < -0.3 is 24.5 Å². The maximum atomic E-state index is 13.6. The van der Waals surface area contributed by atoms with E-state index in [1.807, 2.05) is 0 Å². The van der Waals surface area contributed by atoms with E-state index in [2.05, 4.69) is 10.3 Å². The lowest BCUT2D eigenvalue weighted by Gasteiger charge is -2.18. The fourth-order valence-electron chi connectivity index (χ4n) is 3.77. The molecule has 182 valence electrons. The summed E-state index contributed by atoms with van der Waals surface area (Å²) in [7, 11) is 4.37. The lowest BCUT2D eigenvalue weighted by Crippen LogP contribution is -2.14. The summed E-state index contributed by atoms with van der Waals surface area (Å²) < 4.78 is 56.8. The molecule has 0 aliphatic heterocycles. The molecule has 0 radical (unpaired) electrons. The molecule has 1 aromatic heterocycles. The minimum absolute atomic E-state index is 0.00676. The van der Waals surface area contributed by atoms with Gasteiger partial charge in [-0.05, 0) is 36.4 Å². The lowest BCUT2D eigenvalue weighted by atomic mass is 9.96. The van der Waals surface area contributed by atoms with Crippen molar-refractivity contribution in [2.45, 2.75) is 6.18 Å². The summed E-state index contributed by atoms with van der Waals surface area (Å²) in [5.41, 5.74) is -0.269. The van der Waals surface area contributed by atoms with Gasteiger partial charge in [0.1, 0.15) is 22.9 Å². The third-order valence-electron chi connectivity index (χ3n) is 5.39. The Labute approximate surface area is 203 Å². The normalized spacial score (nSPS) is 11.4. The second kappa shape index (κ2) is 9.42. The van der Waals surface area contributed by atoms with Gasteiger partial charge in [0.25, 0.3) is 5.56 Å². The van der Waals surface area contributed by atoms with Crippen molar-refractivity contribution in [2.75, 3.05) is 26.6 Å². The number of nitrogens with one attached hydrogen (secondary N) is 2. The quantitative estimate of drug-likeness (QED) is 0.308. The number of rotatable bonds is 6. The van der Waals surface area contributed by atoms with E-state index in [1.54, 1.807) is 30.3 Å². The first-order chi connectivity index (χ1) is 16.6. The number of aromatic amines is 1. The molecule has 4 aromatic rings. The zero-order valence-corrected chi connectivity index (χ0v) is 19.6. The maximum Gasteiger partial charge on any atom is 0.416 e. The Bertz CT molecular complexity index is 1450. The highest BCUT2D eigenvalue weighted by Crippen LogP contribution is 2.42. The van der Waals surface area contributed by atoms with Crippen molar-refractivity contribution < 1.29 is 27.4 Å². The van der Waals surface area contributed by atoms with Gasteiger partial charge in [-0.25, -0.2) is 0 Å². The Kier molecular flexibility index (Phi) is 6.53. The molecule has 6 nitrogen and oxygen atoms in total. The SMILES string of the molecule is COc1cc(Nc2c(-c3cc(Cl)ccc3OC)c3cc(C(F)(F)F)ccc3[nH]c2=O)cc(OC)c1. The number of alkyl halides is 3. The summed E-state index contributed by atoms with van der Waals surface area (Å²) in [6.45, 7) is 0. The number of benzene rings is 3. The van der Waals surface area contributed by atoms with Crippen molar-refractivity contribution in [3.63, 3.8) is 0 Å². The van der Waals surface area contributed by atoms with Gasteiger partial charge in [0.05, 0.1) is 26.9 Å². The van der Waals surface area contributed by atoms with Gasteiger partial charge in [0.2, 0.25) is 0 Å². The average molecular weight is 505 g/mol. The van der Waals surface area contributed by atoms with Crippen LogP contribution in [0.5, 0.6) is 17.2 Å². The van der Waals surface area contributed by atoms with Crippen LogP contribution in [-0.2, 0) is 6.18 Å². The second-order valence-corrected chi connectivity index (χ2v) is 7.97. The number of H-pyrrole nitrogens is 1. The molecular formula is C25H20ClF3N2O4. The number of halogens is 4. The van der Waals surface area contributed by atoms with Crippen LogP contribution in [0.4, 0.5) is 24.5 Å². The van der Waals surface area contributed by atoms with Gasteiger partial charge in [-0.1, -0.05) is 11.6 Å². The van der Waals surface area contributed by atoms with Crippen LogP contribution >= 0.6 is 11.6 Å². The molecule has 0 fully saturated rings. The van der Waals surface area contributed by atoms with Crippen molar-refractivity contribution in [3.05, 3.63) is 75.5 Å². The number of fused-ring (bicyclic) bond motifs is 1. The Morgan fingerprint density at radius 2 is 1.57 bits per heavy atom. The van der Waals surface area contributed by atoms with E-state index in [0.29, 0.717) is 33.5 Å². The smallest absolute Gasteiger partial charge is 0.416 e. The van der Waals surface area contributed by atoms with Crippen molar-refractivity contribution in [1.82, 2.24) is 4.98 Å². The van der Waals surface area contributed by atoms with Crippen molar-refractivity contribution >= 4 is 33.9 Å². The first kappa shape index (κ1) is 24.3. The van der Waals surface area contributed by atoms with Crippen LogP contribution in [0, 0.1) is 0 Å². The monoisotopic (exact) mass is 504 g/mol. The largest absolute Gasteiger partial charge is 0.497 e. The summed E-state index contributed by atoms with van der Waals surface area (Å²) in [5, 5.41) is 3.49. The van der Waals surface area contributed by atoms with Gasteiger partial charge in [0, 0.05) is 50.9 Å². The molecule has 0 aliphatic rings. The predicted molar refractivity (Wildman–Crippen MR) is 129 cm³/mol. The molecule has 35 heavy (non-hydrogen) atoms. The van der Waals surface area contributed by atoms with E-state index in [9.17, 15) is 18.0 Å². The van der Waals surface area contributed by atoms with Crippen LogP contribution in [0.1, 0.15) is 5.56 Å². The predicted octanol–water partition coefficient (Wildman–Crippen LogP) is 6.64. The van der Waals surface area contributed by atoms with E-state index >= 15 is 0 Å². The summed E-state index contributed by atoms with van der Waals surface area (Å²) >= 11 is 6.24. The Balaban J connectivity index is 2.07. The van der Waals surface area contributed by atoms with Crippen LogP contribution in [0.3, 0.4) is 0 Å². The van der Waals surface area contributed by atoms with Crippen LogP contribution in [-0.4, -0.2) is 26.3 Å². The van der Waals surface area contributed by atoms with Crippen LogP contribution in [0.15, 0.2) is 59.4 Å². The zero-order chi connectivity index (χ0) is 25.3. The third-order valence-corrected chi connectivity index (χ3v) is 5.63. The molecule has 0 unspecified atom stereocenters. The van der Waals surface area contributed by atoms with E-state index in [0.717, 1.165) is 12.1 Å². The number of aromatic nitrogens is 1. The zero-order valence-electron chi connectivity index (χ0n) is 18.8. The van der Waals surface area contributed by atoms with Gasteiger partial charge in [-0.3, -0.25) is 4.79 Å². The van der Waals surface area contributed by atoms with E-state index < -0.39 is 17.3 Å². The summed E-state index contributed by atoms with van der Waals surface area (Å²) in [4.78, 5) is 15.9. The molecule has 0 aliphatic carbocycles. The molecule has 4 rings (SSSR count). The molecule has 0 saturated carbocycles. The number of hydrogen-bond donors (Lipinski definition) is 2. The van der Waals surface area contributed by atoms with E-state index in [-0.39, 0.29) is 22.2 Å². The minimum atomic E-state index is -4.59. The molecule has 2 N–H and O–H groups in total.